The summed E-state index contributed by atoms with van der Waals surface area (Å²) in [7, 11) is 1.56. The summed E-state index contributed by atoms with van der Waals surface area (Å²) in [5.41, 5.74) is 1.00. The summed E-state index contributed by atoms with van der Waals surface area (Å²) in [6, 6.07) is 10.9. The van der Waals surface area contributed by atoms with Crippen LogP contribution in [0.4, 0.5) is 14.5 Å². The number of hydrogen-bond acceptors (Lipinski definition) is 3. The van der Waals surface area contributed by atoms with Gasteiger partial charge in [0, 0.05) is 48.8 Å². The second-order valence-corrected chi connectivity index (χ2v) is 7.41. The predicted molar refractivity (Wildman–Crippen MR) is 102 cm³/mol. The Morgan fingerprint density at radius 2 is 1.93 bits per heavy atom. The van der Waals surface area contributed by atoms with Crippen LogP contribution in [-0.2, 0) is 16.1 Å². The van der Waals surface area contributed by atoms with E-state index in [1.165, 1.54) is 11.0 Å². The van der Waals surface area contributed by atoms with Gasteiger partial charge in [-0.05, 0) is 36.6 Å². The van der Waals surface area contributed by atoms with Crippen molar-refractivity contribution in [1.29, 1.82) is 0 Å². The lowest BCUT2D eigenvalue weighted by atomic mass is 10.1. The van der Waals surface area contributed by atoms with E-state index >= 15 is 0 Å². The number of halogens is 2. The fraction of sp³-hybridized carbons (Fsp3) is 0.300. The highest BCUT2D eigenvalue weighted by Gasteiger charge is 2.36. The van der Waals surface area contributed by atoms with E-state index < -0.39 is 17.6 Å². The molecule has 27 heavy (non-hydrogen) atoms. The minimum atomic E-state index is -0.687. The fourth-order valence-electron chi connectivity index (χ4n) is 3.18. The normalized spacial score (nSPS) is 16.7. The second-order valence-electron chi connectivity index (χ2n) is 6.53. The Labute approximate surface area is 161 Å². The number of amides is 2. The van der Waals surface area contributed by atoms with Crippen molar-refractivity contribution in [2.45, 2.75) is 17.9 Å². The first kappa shape index (κ1) is 19.4. The van der Waals surface area contributed by atoms with E-state index in [9.17, 15) is 18.4 Å². The molecule has 0 saturated carbocycles. The summed E-state index contributed by atoms with van der Waals surface area (Å²) in [5, 5.41) is 0. The van der Waals surface area contributed by atoms with Crippen LogP contribution in [0.15, 0.2) is 47.4 Å². The third-order valence-corrected chi connectivity index (χ3v) is 5.40. The van der Waals surface area contributed by atoms with E-state index in [4.69, 9.17) is 0 Å². The first-order valence-corrected chi connectivity index (χ1v) is 9.75. The number of hydrogen-bond donors (Lipinski definition) is 0. The summed E-state index contributed by atoms with van der Waals surface area (Å²) in [4.78, 5) is 29.2. The molecule has 0 N–H and O–H groups in total. The molecule has 1 unspecified atom stereocenters. The van der Waals surface area contributed by atoms with Gasteiger partial charge >= 0.3 is 0 Å². The summed E-state index contributed by atoms with van der Waals surface area (Å²) in [5.74, 6) is -2.16. The molecule has 2 aromatic carbocycles. The van der Waals surface area contributed by atoms with Crippen LogP contribution in [0.25, 0.3) is 0 Å². The molecule has 7 heteroatoms. The number of thioether (sulfide) groups is 1. The Kier molecular flexibility index (Phi) is 5.79. The van der Waals surface area contributed by atoms with Gasteiger partial charge in [-0.2, -0.15) is 0 Å². The van der Waals surface area contributed by atoms with Crippen molar-refractivity contribution < 1.29 is 18.4 Å². The average molecular weight is 390 g/mol. The standard InChI is InChI=1S/C20H20F2N2O2S/c1-23(11-13-3-4-15(21)10-18(13)22)20(26)14-9-19(25)24(12-14)16-5-7-17(27-2)8-6-16/h3-8,10,14H,9,11-12H2,1-2H3. The summed E-state index contributed by atoms with van der Waals surface area (Å²) in [6.07, 6.45) is 2.10. The third kappa shape index (κ3) is 4.30. The zero-order chi connectivity index (χ0) is 19.6. The topological polar surface area (TPSA) is 40.6 Å². The van der Waals surface area contributed by atoms with Crippen molar-refractivity contribution in [2.24, 2.45) is 5.92 Å². The van der Waals surface area contributed by atoms with Gasteiger partial charge in [0.1, 0.15) is 11.6 Å². The number of rotatable bonds is 5. The molecule has 0 aromatic heterocycles. The van der Waals surface area contributed by atoms with Gasteiger partial charge in [0.2, 0.25) is 11.8 Å². The van der Waals surface area contributed by atoms with Crippen LogP contribution in [0, 0.1) is 17.6 Å². The Morgan fingerprint density at radius 1 is 1.22 bits per heavy atom. The largest absolute Gasteiger partial charge is 0.341 e. The van der Waals surface area contributed by atoms with Crippen molar-refractivity contribution in [2.75, 3.05) is 24.7 Å². The fourth-order valence-corrected chi connectivity index (χ4v) is 3.59. The van der Waals surface area contributed by atoms with Gasteiger partial charge in [0.15, 0.2) is 0 Å². The van der Waals surface area contributed by atoms with E-state index in [2.05, 4.69) is 0 Å². The molecule has 142 valence electrons. The van der Waals surface area contributed by atoms with Crippen LogP contribution in [0.5, 0.6) is 0 Å². The first-order chi connectivity index (χ1) is 12.9. The van der Waals surface area contributed by atoms with E-state index in [1.807, 2.05) is 30.5 Å². The van der Waals surface area contributed by atoms with Crippen molar-refractivity contribution in [3.05, 3.63) is 59.7 Å². The molecule has 2 amide bonds. The molecule has 0 spiro atoms. The highest BCUT2D eigenvalue weighted by atomic mass is 32.2. The van der Waals surface area contributed by atoms with Crippen LogP contribution >= 0.6 is 11.8 Å². The molecule has 1 heterocycles. The molecule has 0 radical (unpaired) electrons. The number of benzene rings is 2. The lowest BCUT2D eigenvalue weighted by Gasteiger charge is -2.22. The molecule has 3 rings (SSSR count). The van der Waals surface area contributed by atoms with Crippen molar-refractivity contribution in [3.63, 3.8) is 0 Å². The Morgan fingerprint density at radius 3 is 2.56 bits per heavy atom. The number of nitrogens with zero attached hydrogens (tertiary/aromatic N) is 2. The molecule has 1 aliphatic rings. The average Bonchev–Trinajstić information content (AvgIpc) is 3.05. The van der Waals surface area contributed by atoms with Crippen LogP contribution in [0.3, 0.4) is 0 Å². The van der Waals surface area contributed by atoms with Crippen molar-refractivity contribution in [1.82, 2.24) is 4.90 Å². The molecule has 0 aliphatic carbocycles. The van der Waals surface area contributed by atoms with Gasteiger partial charge in [0.25, 0.3) is 0 Å². The van der Waals surface area contributed by atoms with Gasteiger partial charge in [-0.25, -0.2) is 8.78 Å². The third-order valence-electron chi connectivity index (χ3n) is 4.66. The van der Waals surface area contributed by atoms with Gasteiger partial charge in [-0.1, -0.05) is 6.07 Å². The molecule has 0 bridgehead atoms. The Bertz CT molecular complexity index is 858. The number of carbonyl (C=O) groups excluding carboxylic acids is 2. The zero-order valence-electron chi connectivity index (χ0n) is 15.1. The van der Waals surface area contributed by atoms with Crippen LogP contribution in [0.2, 0.25) is 0 Å². The predicted octanol–water partition coefficient (Wildman–Crippen LogP) is 3.70. The zero-order valence-corrected chi connectivity index (χ0v) is 15.9. The lowest BCUT2D eigenvalue weighted by molar-refractivity contribution is -0.135. The monoisotopic (exact) mass is 390 g/mol. The molecule has 4 nitrogen and oxygen atoms in total. The SMILES string of the molecule is CSc1ccc(N2CC(C(=O)N(C)Cc3ccc(F)cc3F)CC2=O)cc1. The molecular formula is C20H20F2N2O2S. The maximum Gasteiger partial charge on any atom is 0.228 e. The molecule has 1 saturated heterocycles. The molecule has 1 atom stereocenters. The van der Waals surface area contributed by atoms with Crippen LogP contribution < -0.4 is 4.90 Å². The van der Waals surface area contributed by atoms with Crippen molar-refractivity contribution in [3.8, 4) is 0 Å². The van der Waals surface area contributed by atoms with Crippen LogP contribution in [-0.4, -0.2) is 36.6 Å². The Balaban J connectivity index is 1.67. The molecule has 1 aliphatic heterocycles. The molecule has 1 fully saturated rings. The second kappa shape index (κ2) is 8.08. The minimum absolute atomic E-state index is 0.0259. The summed E-state index contributed by atoms with van der Waals surface area (Å²) in [6.45, 7) is 0.324. The van der Waals surface area contributed by atoms with Crippen LogP contribution in [0.1, 0.15) is 12.0 Å². The molecular weight excluding hydrogens is 370 g/mol. The maximum absolute atomic E-state index is 13.8. The number of carbonyl (C=O) groups is 2. The lowest BCUT2D eigenvalue weighted by Crippen LogP contribution is -2.34. The number of anilines is 1. The van der Waals surface area contributed by atoms with Gasteiger partial charge < -0.3 is 9.80 Å². The minimum Gasteiger partial charge on any atom is -0.341 e. The highest BCUT2D eigenvalue weighted by Crippen LogP contribution is 2.28. The van der Waals surface area contributed by atoms with E-state index in [0.29, 0.717) is 6.54 Å². The van der Waals surface area contributed by atoms with E-state index in [0.717, 1.165) is 22.7 Å². The first-order valence-electron chi connectivity index (χ1n) is 8.52. The summed E-state index contributed by atoms with van der Waals surface area (Å²) >= 11 is 1.61. The van der Waals surface area contributed by atoms with Gasteiger partial charge in [0.05, 0.1) is 5.92 Å². The van der Waals surface area contributed by atoms with E-state index in [-0.39, 0.29) is 30.3 Å². The quantitative estimate of drug-likeness (QED) is 0.731. The van der Waals surface area contributed by atoms with E-state index in [1.54, 1.807) is 23.7 Å². The maximum atomic E-state index is 13.8. The highest BCUT2D eigenvalue weighted by molar-refractivity contribution is 7.98. The van der Waals surface area contributed by atoms with Gasteiger partial charge in [-0.3, -0.25) is 9.59 Å². The Hall–Kier alpha value is -2.41. The smallest absolute Gasteiger partial charge is 0.228 e. The van der Waals surface area contributed by atoms with Gasteiger partial charge in [-0.15, -0.1) is 11.8 Å². The summed E-state index contributed by atoms with van der Waals surface area (Å²) < 4.78 is 26.8. The van der Waals surface area contributed by atoms with Crippen molar-refractivity contribution >= 4 is 29.3 Å². The molecule has 2 aromatic rings.